The molecule has 1 unspecified atom stereocenters. The van der Waals surface area contributed by atoms with Crippen molar-refractivity contribution in [1.29, 1.82) is 0 Å². The Morgan fingerprint density at radius 3 is 2.78 bits per heavy atom. The number of benzene rings is 1. The lowest BCUT2D eigenvalue weighted by Crippen LogP contribution is -2.37. The van der Waals surface area contributed by atoms with Crippen LogP contribution in [0.1, 0.15) is 11.6 Å². The van der Waals surface area contributed by atoms with Gasteiger partial charge in [0.15, 0.2) is 11.6 Å². The van der Waals surface area contributed by atoms with Gasteiger partial charge in [0.2, 0.25) is 5.91 Å². The monoisotopic (exact) mass is 324 g/mol. The quantitative estimate of drug-likeness (QED) is 0.750. The third-order valence-corrected chi connectivity index (χ3v) is 3.17. The van der Waals surface area contributed by atoms with E-state index in [-0.39, 0.29) is 24.8 Å². The van der Waals surface area contributed by atoms with E-state index in [1.165, 1.54) is 6.07 Å². The second-order valence-corrected chi connectivity index (χ2v) is 4.88. The molecular formula is C15H18F2N4O2. The minimum absolute atomic E-state index is 0.139. The number of carbonyl (C=O) groups is 1. The van der Waals surface area contributed by atoms with Crippen molar-refractivity contribution < 1.29 is 18.3 Å². The topological polar surface area (TPSA) is 68.2 Å². The second-order valence-electron chi connectivity index (χ2n) is 4.88. The molecule has 2 N–H and O–H groups in total. The van der Waals surface area contributed by atoms with Crippen LogP contribution in [0.2, 0.25) is 0 Å². The number of nitrogens with one attached hydrogen (secondary N) is 2. The van der Waals surface area contributed by atoms with E-state index in [2.05, 4.69) is 15.7 Å². The summed E-state index contributed by atoms with van der Waals surface area (Å²) in [6.07, 6.45) is 3.36. The van der Waals surface area contributed by atoms with Gasteiger partial charge in [-0.15, -0.1) is 0 Å². The Balaban J connectivity index is 1.80. The Hall–Kier alpha value is -2.48. The van der Waals surface area contributed by atoms with Crippen molar-refractivity contribution >= 4 is 5.91 Å². The molecule has 8 heteroatoms. The predicted octanol–water partition coefficient (Wildman–Crippen LogP) is 1.15. The number of ether oxygens (including phenoxy) is 1. The van der Waals surface area contributed by atoms with Crippen LogP contribution in [-0.4, -0.2) is 35.9 Å². The van der Waals surface area contributed by atoms with Gasteiger partial charge in [0, 0.05) is 24.9 Å². The molecule has 0 saturated heterocycles. The summed E-state index contributed by atoms with van der Waals surface area (Å²) < 4.78 is 32.7. The van der Waals surface area contributed by atoms with E-state index in [1.807, 2.05) is 0 Å². The van der Waals surface area contributed by atoms with E-state index >= 15 is 0 Å². The van der Waals surface area contributed by atoms with Gasteiger partial charge in [-0.25, -0.2) is 8.78 Å². The molecule has 1 heterocycles. The summed E-state index contributed by atoms with van der Waals surface area (Å²) >= 11 is 0. The molecule has 0 aliphatic rings. The van der Waals surface area contributed by atoms with Gasteiger partial charge in [0.1, 0.15) is 18.4 Å². The van der Waals surface area contributed by atoms with Crippen molar-refractivity contribution in [2.24, 2.45) is 7.05 Å². The average molecular weight is 324 g/mol. The first-order valence-electron chi connectivity index (χ1n) is 7.02. The van der Waals surface area contributed by atoms with Gasteiger partial charge in [-0.3, -0.25) is 9.48 Å². The van der Waals surface area contributed by atoms with Gasteiger partial charge in [-0.1, -0.05) is 0 Å². The van der Waals surface area contributed by atoms with Crippen LogP contribution in [0.4, 0.5) is 8.78 Å². The summed E-state index contributed by atoms with van der Waals surface area (Å²) in [5.41, 5.74) is 0.744. The zero-order valence-electron chi connectivity index (χ0n) is 12.8. The molecule has 23 heavy (non-hydrogen) atoms. The van der Waals surface area contributed by atoms with Crippen molar-refractivity contribution in [2.75, 3.05) is 20.2 Å². The number of hydrogen-bond donors (Lipinski definition) is 2. The number of carbonyl (C=O) groups excluding carboxylic acids is 1. The highest BCUT2D eigenvalue weighted by Crippen LogP contribution is 2.15. The molecule has 2 aromatic rings. The van der Waals surface area contributed by atoms with Crippen molar-refractivity contribution in [3.05, 3.63) is 47.8 Å². The minimum atomic E-state index is -0.974. The largest absolute Gasteiger partial charge is 0.492 e. The summed E-state index contributed by atoms with van der Waals surface area (Å²) in [6.45, 7) is 0.372. The van der Waals surface area contributed by atoms with E-state index in [4.69, 9.17) is 4.74 Å². The van der Waals surface area contributed by atoms with Crippen molar-refractivity contribution in [3.8, 4) is 5.75 Å². The third kappa shape index (κ3) is 4.49. The first-order valence-corrected chi connectivity index (χ1v) is 7.02. The first kappa shape index (κ1) is 16.9. The molecule has 0 aliphatic carbocycles. The molecule has 0 radical (unpaired) electrons. The standard InChI is InChI=1S/C15H18F2N4O2/c1-18-14(10-8-20-21(2)9-10)15(22)19-5-6-23-11-3-4-12(16)13(17)7-11/h3-4,7-9,14,18H,5-6H2,1-2H3,(H,19,22). The number of aryl methyl sites for hydroxylation is 1. The molecule has 0 saturated carbocycles. The summed E-state index contributed by atoms with van der Waals surface area (Å²) in [4.78, 5) is 12.1. The number of nitrogens with zero attached hydrogens (tertiary/aromatic N) is 2. The Kier molecular flexibility index (Phi) is 5.64. The van der Waals surface area contributed by atoms with Gasteiger partial charge < -0.3 is 15.4 Å². The lowest BCUT2D eigenvalue weighted by molar-refractivity contribution is -0.123. The van der Waals surface area contributed by atoms with Crippen LogP contribution >= 0.6 is 0 Å². The Morgan fingerprint density at radius 2 is 2.17 bits per heavy atom. The van der Waals surface area contributed by atoms with E-state index in [0.29, 0.717) is 0 Å². The second kappa shape index (κ2) is 7.68. The molecule has 0 spiro atoms. The molecule has 6 nitrogen and oxygen atoms in total. The molecule has 0 aliphatic heterocycles. The lowest BCUT2D eigenvalue weighted by Gasteiger charge is -2.14. The smallest absolute Gasteiger partial charge is 0.241 e. The number of likely N-dealkylation sites (N-methyl/N-ethyl adjacent to an activating group) is 1. The highest BCUT2D eigenvalue weighted by atomic mass is 19.2. The molecule has 2 rings (SSSR count). The maximum atomic E-state index is 13.0. The van der Waals surface area contributed by atoms with Crippen molar-refractivity contribution in [3.63, 3.8) is 0 Å². The first-order chi connectivity index (χ1) is 11.0. The fourth-order valence-electron chi connectivity index (χ4n) is 2.05. The Labute approximate surface area is 132 Å². The van der Waals surface area contributed by atoms with Crippen LogP contribution in [0.25, 0.3) is 0 Å². The molecular weight excluding hydrogens is 306 g/mol. The average Bonchev–Trinajstić information content (AvgIpc) is 2.94. The summed E-state index contributed by atoms with van der Waals surface area (Å²) in [5, 5.41) is 9.64. The van der Waals surface area contributed by atoms with Gasteiger partial charge >= 0.3 is 0 Å². The minimum Gasteiger partial charge on any atom is -0.492 e. The highest BCUT2D eigenvalue weighted by Gasteiger charge is 2.19. The molecule has 124 valence electrons. The van der Waals surface area contributed by atoms with Gasteiger partial charge in [-0.05, 0) is 19.2 Å². The maximum Gasteiger partial charge on any atom is 0.241 e. The number of halogens is 2. The molecule has 1 atom stereocenters. The van der Waals surface area contributed by atoms with Crippen LogP contribution in [0.5, 0.6) is 5.75 Å². The summed E-state index contributed by atoms with van der Waals surface area (Å²) in [7, 11) is 3.44. The fourth-order valence-corrected chi connectivity index (χ4v) is 2.05. The highest BCUT2D eigenvalue weighted by molar-refractivity contribution is 5.82. The van der Waals surface area contributed by atoms with Crippen LogP contribution in [0.15, 0.2) is 30.6 Å². The van der Waals surface area contributed by atoms with Gasteiger partial charge in [-0.2, -0.15) is 5.10 Å². The molecule has 1 aromatic carbocycles. The van der Waals surface area contributed by atoms with E-state index in [9.17, 15) is 13.6 Å². The van der Waals surface area contributed by atoms with E-state index in [1.54, 1.807) is 31.2 Å². The van der Waals surface area contributed by atoms with E-state index in [0.717, 1.165) is 17.7 Å². The van der Waals surface area contributed by atoms with Crippen LogP contribution in [0.3, 0.4) is 0 Å². The van der Waals surface area contributed by atoms with Crippen LogP contribution in [-0.2, 0) is 11.8 Å². The Morgan fingerprint density at radius 1 is 1.39 bits per heavy atom. The zero-order valence-corrected chi connectivity index (χ0v) is 12.8. The summed E-state index contributed by atoms with van der Waals surface area (Å²) in [6, 6.07) is 2.75. The number of amides is 1. The summed E-state index contributed by atoms with van der Waals surface area (Å²) in [5.74, 6) is -1.93. The Bertz CT molecular complexity index is 675. The number of rotatable bonds is 7. The maximum absolute atomic E-state index is 13.0. The molecule has 1 amide bonds. The SMILES string of the molecule is CNC(C(=O)NCCOc1ccc(F)c(F)c1)c1cnn(C)c1. The number of hydrogen-bond acceptors (Lipinski definition) is 4. The van der Waals surface area contributed by atoms with Gasteiger partial charge in [0.25, 0.3) is 0 Å². The predicted molar refractivity (Wildman–Crippen MR) is 79.9 cm³/mol. The van der Waals surface area contributed by atoms with Crippen molar-refractivity contribution in [1.82, 2.24) is 20.4 Å². The van der Waals surface area contributed by atoms with E-state index < -0.39 is 17.7 Å². The zero-order chi connectivity index (χ0) is 16.8. The van der Waals surface area contributed by atoms with Crippen molar-refractivity contribution in [2.45, 2.75) is 6.04 Å². The third-order valence-electron chi connectivity index (χ3n) is 3.17. The lowest BCUT2D eigenvalue weighted by atomic mass is 10.1. The number of aromatic nitrogens is 2. The fraction of sp³-hybridized carbons (Fsp3) is 0.333. The van der Waals surface area contributed by atoms with Crippen LogP contribution in [0, 0.1) is 11.6 Å². The van der Waals surface area contributed by atoms with Gasteiger partial charge in [0.05, 0.1) is 12.7 Å². The normalized spacial score (nSPS) is 12.0. The molecule has 0 fully saturated rings. The molecule has 1 aromatic heterocycles. The van der Waals surface area contributed by atoms with Crippen LogP contribution < -0.4 is 15.4 Å². The molecule has 0 bridgehead atoms.